The number of aryl methyl sites for hydroxylation is 1. The number of carbonyl (C=O) groups is 2. The van der Waals surface area contributed by atoms with Crippen LogP contribution in [0.15, 0.2) is 18.7 Å². The molecule has 22 heavy (non-hydrogen) atoms. The maximum atomic E-state index is 12.3. The molecular formula is C15H17N3O2S2. The molecular weight excluding hydrogens is 318 g/mol. The van der Waals surface area contributed by atoms with Crippen LogP contribution < -0.4 is 5.32 Å². The van der Waals surface area contributed by atoms with E-state index in [0.29, 0.717) is 11.4 Å². The number of hydrogen-bond donors (Lipinski definition) is 1. The fourth-order valence-electron chi connectivity index (χ4n) is 2.73. The van der Waals surface area contributed by atoms with Gasteiger partial charge in [0.25, 0.3) is 5.91 Å². The molecule has 3 heterocycles. The number of nitrogens with zero attached hydrogens (tertiary/aromatic N) is 2. The summed E-state index contributed by atoms with van der Waals surface area (Å²) >= 11 is 2.87. The summed E-state index contributed by atoms with van der Waals surface area (Å²) in [5.41, 5.74) is 0. The van der Waals surface area contributed by atoms with E-state index in [1.165, 1.54) is 28.9 Å². The predicted molar refractivity (Wildman–Crippen MR) is 89.5 cm³/mol. The molecule has 2 amide bonds. The number of nitrogens with one attached hydrogen (secondary N) is 1. The summed E-state index contributed by atoms with van der Waals surface area (Å²) in [5.74, 6) is -0.154. The normalized spacial score (nSPS) is 17.9. The van der Waals surface area contributed by atoms with Crippen LogP contribution >= 0.6 is 22.9 Å². The maximum Gasteiger partial charge on any atom is 0.261 e. The number of carbonyl (C=O) groups excluding carboxylic acids is 2. The standard InChI is InChI=1S/C15H17N3O2S2/c1-3-13(19)18-6-4-5-10(18)8-16-14(20)12-7-11-9(2)22-17-15(11)21-12/h3,7,10H,1,4-6,8H2,2H3,(H,16,20). The largest absolute Gasteiger partial charge is 0.349 e. The van der Waals surface area contributed by atoms with Gasteiger partial charge in [-0.2, -0.15) is 4.37 Å². The van der Waals surface area contributed by atoms with Crippen LogP contribution in [-0.4, -0.2) is 40.2 Å². The molecule has 0 spiro atoms. The number of hydrogen-bond acceptors (Lipinski definition) is 5. The summed E-state index contributed by atoms with van der Waals surface area (Å²) in [5, 5.41) is 4.00. The summed E-state index contributed by atoms with van der Waals surface area (Å²) in [4.78, 5) is 28.5. The Morgan fingerprint density at radius 1 is 1.59 bits per heavy atom. The molecule has 1 saturated heterocycles. The number of thiophene rings is 1. The summed E-state index contributed by atoms with van der Waals surface area (Å²) in [7, 11) is 0. The highest BCUT2D eigenvalue weighted by atomic mass is 32.1. The summed E-state index contributed by atoms with van der Waals surface area (Å²) in [6, 6.07) is 1.96. The first-order valence-corrected chi connectivity index (χ1v) is 8.76. The highest BCUT2D eigenvalue weighted by Crippen LogP contribution is 2.29. The first kappa shape index (κ1) is 15.2. The second kappa shape index (κ2) is 6.18. The van der Waals surface area contributed by atoms with Gasteiger partial charge in [0.15, 0.2) is 0 Å². The molecule has 1 fully saturated rings. The summed E-state index contributed by atoms with van der Waals surface area (Å²) < 4.78 is 4.32. The van der Waals surface area contributed by atoms with Gasteiger partial charge >= 0.3 is 0 Å². The monoisotopic (exact) mass is 335 g/mol. The van der Waals surface area contributed by atoms with Crippen molar-refractivity contribution < 1.29 is 9.59 Å². The van der Waals surface area contributed by atoms with Crippen LogP contribution in [0.5, 0.6) is 0 Å². The summed E-state index contributed by atoms with van der Waals surface area (Å²) in [6.45, 7) is 6.75. The fraction of sp³-hybridized carbons (Fsp3) is 0.400. The van der Waals surface area contributed by atoms with Gasteiger partial charge in [0.05, 0.1) is 4.88 Å². The van der Waals surface area contributed by atoms with Gasteiger partial charge in [0, 0.05) is 29.4 Å². The van der Waals surface area contributed by atoms with E-state index in [0.717, 1.165) is 34.5 Å². The quantitative estimate of drug-likeness (QED) is 0.874. The second-order valence-electron chi connectivity index (χ2n) is 5.31. The molecule has 5 nitrogen and oxygen atoms in total. The molecule has 3 rings (SSSR count). The average Bonchev–Trinajstić information content (AvgIpc) is 3.21. The van der Waals surface area contributed by atoms with Gasteiger partial charge in [-0.15, -0.1) is 11.3 Å². The minimum absolute atomic E-state index is 0.0621. The van der Waals surface area contributed by atoms with Crippen LogP contribution in [-0.2, 0) is 4.79 Å². The number of amides is 2. The van der Waals surface area contributed by atoms with Crippen molar-refractivity contribution in [2.45, 2.75) is 25.8 Å². The predicted octanol–water partition coefficient (Wildman–Crippen LogP) is 2.57. The fourth-order valence-corrected chi connectivity index (χ4v) is 4.49. The van der Waals surface area contributed by atoms with Crippen LogP contribution in [0.3, 0.4) is 0 Å². The van der Waals surface area contributed by atoms with E-state index in [-0.39, 0.29) is 17.9 Å². The van der Waals surface area contributed by atoms with Crippen molar-refractivity contribution >= 4 is 44.9 Å². The van der Waals surface area contributed by atoms with Crippen molar-refractivity contribution in [1.29, 1.82) is 0 Å². The van der Waals surface area contributed by atoms with Gasteiger partial charge < -0.3 is 10.2 Å². The minimum atomic E-state index is -0.0923. The number of aromatic nitrogens is 1. The topological polar surface area (TPSA) is 62.3 Å². The summed E-state index contributed by atoms with van der Waals surface area (Å²) in [6.07, 6.45) is 3.22. The van der Waals surface area contributed by atoms with Crippen molar-refractivity contribution in [3.05, 3.63) is 28.5 Å². The van der Waals surface area contributed by atoms with E-state index in [9.17, 15) is 9.59 Å². The second-order valence-corrected chi connectivity index (χ2v) is 7.32. The molecule has 2 aromatic heterocycles. The molecule has 0 saturated carbocycles. The van der Waals surface area contributed by atoms with Crippen molar-refractivity contribution in [2.75, 3.05) is 13.1 Å². The third kappa shape index (κ3) is 2.78. The maximum absolute atomic E-state index is 12.3. The first-order chi connectivity index (χ1) is 10.6. The van der Waals surface area contributed by atoms with Crippen LogP contribution in [0.2, 0.25) is 0 Å². The zero-order valence-corrected chi connectivity index (χ0v) is 13.9. The Kier molecular flexibility index (Phi) is 4.26. The minimum Gasteiger partial charge on any atom is -0.349 e. The van der Waals surface area contributed by atoms with Crippen molar-refractivity contribution in [1.82, 2.24) is 14.6 Å². The zero-order chi connectivity index (χ0) is 15.7. The number of likely N-dealkylation sites (tertiary alicyclic amines) is 1. The van der Waals surface area contributed by atoms with Gasteiger partial charge in [-0.25, -0.2) is 0 Å². The van der Waals surface area contributed by atoms with Crippen LogP contribution in [0.1, 0.15) is 27.4 Å². The van der Waals surface area contributed by atoms with E-state index < -0.39 is 0 Å². The molecule has 0 bridgehead atoms. The highest BCUT2D eigenvalue weighted by molar-refractivity contribution is 7.22. The van der Waals surface area contributed by atoms with E-state index in [4.69, 9.17) is 0 Å². The lowest BCUT2D eigenvalue weighted by atomic mass is 10.2. The van der Waals surface area contributed by atoms with Gasteiger partial charge in [-0.1, -0.05) is 6.58 Å². The molecule has 0 aromatic carbocycles. The Morgan fingerprint density at radius 3 is 3.14 bits per heavy atom. The van der Waals surface area contributed by atoms with Gasteiger partial charge in [0.1, 0.15) is 4.83 Å². The molecule has 0 radical (unpaired) electrons. The van der Waals surface area contributed by atoms with Crippen molar-refractivity contribution in [3.63, 3.8) is 0 Å². The smallest absolute Gasteiger partial charge is 0.261 e. The van der Waals surface area contributed by atoms with Crippen molar-refractivity contribution in [3.8, 4) is 0 Å². The van der Waals surface area contributed by atoms with Gasteiger partial charge in [-0.3, -0.25) is 9.59 Å². The Morgan fingerprint density at radius 2 is 2.41 bits per heavy atom. The third-order valence-electron chi connectivity index (χ3n) is 3.91. The molecule has 0 aliphatic carbocycles. The number of fused-ring (bicyclic) bond motifs is 1. The zero-order valence-electron chi connectivity index (χ0n) is 12.3. The Bertz CT molecular complexity index is 734. The van der Waals surface area contributed by atoms with Crippen LogP contribution in [0.4, 0.5) is 0 Å². The van der Waals surface area contributed by atoms with Crippen LogP contribution in [0, 0.1) is 6.92 Å². The molecule has 1 aliphatic rings. The van der Waals surface area contributed by atoms with Crippen molar-refractivity contribution in [2.24, 2.45) is 0 Å². The molecule has 1 N–H and O–H groups in total. The lowest BCUT2D eigenvalue weighted by Gasteiger charge is -2.23. The number of rotatable bonds is 4. The lowest BCUT2D eigenvalue weighted by Crippen LogP contribution is -2.42. The van der Waals surface area contributed by atoms with E-state index in [1.807, 2.05) is 13.0 Å². The SMILES string of the molecule is C=CC(=O)N1CCCC1CNC(=O)c1cc2c(C)snc2s1. The van der Waals surface area contributed by atoms with E-state index in [2.05, 4.69) is 16.3 Å². The van der Waals surface area contributed by atoms with Gasteiger partial charge in [-0.05, 0) is 43.4 Å². The Hall–Kier alpha value is -1.73. The Balaban J connectivity index is 1.64. The molecule has 1 atom stereocenters. The lowest BCUT2D eigenvalue weighted by molar-refractivity contribution is -0.126. The van der Waals surface area contributed by atoms with E-state index in [1.54, 1.807) is 4.90 Å². The molecule has 7 heteroatoms. The Labute approximate surface area is 136 Å². The van der Waals surface area contributed by atoms with Crippen LogP contribution in [0.25, 0.3) is 10.2 Å². The van der Waals surface area contributed by atoms with E-state index >= 15 is 0 Å². The molecule has 2 aromatic rings. The van der Waals surface area contributed by atoms with Gasteiger partial charge in [0.2, 0.25) is 5.91 Å². The molecule has 116 valence electrons. The third-order valence-corrected chi connectivity index (χ3v) is 5.83. The average molecular weight is 335 g/mol. The molecule has 1 unspecified atom stereocenters. The first-order valence-electron chi connectivity index (χ1n) is 7.17. The molecule has 1 aliphatic heterocycles. The highest BCUT2D eigenvalue weighted by Gasteiger charge is 2.27.